The van der Waals surface area contributed by atoms with Gasteiger partial charge in [-0.25, -0.2) is 0 Å². The third kappa shape index (κ3) is 3.61. The number of methoxy groups -OCH3 is 1. The molecule has 0 aromatic heterocycles. The first-order valence-electron chi connectivity index (χ1n) is 7.02. The summed E-state index contributed by atoms with van der Waals surface area (Å²) in [7, 11) is 1.77. The third-order valence-electron chi connectivity index (χ3n) is 3.78. The molecular weight excluding hydrogens is 240 g/mol. The molecule has 4 nitrogen and oxygen atoms in total. The summed E-state index contributed by atoms with van der Waals surface area (Å²) in [5.41, 5.74) is 2.31. The largest absolute Gasteiger partial charge is 0.395 e. The molecule has 0 heterocycles. The molecule has 0 radical (unpaired) electrons. The van der Waals surface area contributed by atoms with Crippen molar-refractivity contribution >= 4 is 11.4 Å². The van der Waals surface area contributed by atoms with Gasteiger partial charge in [-0.05, 0) is 44.0 Å². The van der Waals surface area contributed by atoms with Crippen molar-refractivity contribution < 1.29 is 9.84 Å². The van der Waals surface area contributed by atoms with Gasteiger partial charge in [-0.1, -0.05) is 0 Å². The van der Waals surface area contributed by atoms with Gasteiger partial charge in [-0.2, -0.15) is 0 Å². The highest BCUT2D eigenvalue weighted by molar-refractivity contribution is 5.55. The molecule has 2 N–H and O–H groups in total. The van der Waals surface area contributed by atoms with Crippen molar-refractivity contribution in [2.45, 2.75) is 31.9 Å². The van der Waals surface area contributed by atoms with Gasteiger partial charge in [0.2, 0.25) is 0 Å². The maximum Gasteiger partial charge on any atom is 0.0610 e. The first-order valence-corrected chi connectivity index (χ1v) is 7.02. The molecule has 0 spiro atoms. The van der Waals surface area contributed by atoms with Gasteiger partial charge in [-0.3, -0.25) is 0 Å². The van der Waals surface area contributed by atoms with Crippen LogP contribution in [0.2, 0.25) is 0 Å². The fourth-order valence-electron chi connectivity index (χ4n) is 2.47. The summed E-state index contributed by atoms with van der Waals surface area (Å²) in [5, 5.41) is 12.5. The molecule has 0 saturated heterocycles. The van der Waals surface area contributed by atoms with Crippen molar-refractivity contribution in [3.05, 3.63) is 24.3 Å². The second kappa shape index (κ2) is 6.78. The molecule has 1 aromatic rings. The average Bonchev–Trinajstić information content (AvgIpc) is 2.40. The van der Waals surface area contributed by atoms with E-state index in [0.29, 0.717) is 18.7 Å². The van der Waals surface area contributed by atoms with E-state index in [4.69, 9.17) is 9.84 Å². The fraction of sp³-hybridized carbons (Fsp3) is 0.600. The van der Waals surface area contributed by atoms with Gasteiger partial charge in [0.25, 0.3) is 0 Å². The number of benzene rings is 1. The van der Waals surface area contributed by atoms with E-state index in [1.165, 1.54) is 0 Å². The van der Waals surface area contributed by atoms with Gasteiger partial charge in [-0.15, -0.1) is 0 Å². The second-order valence-corrected chi connectivity index (χ2v) is 5.02. The number of likely N-dealkylation sites (N-methyl/N-ethyl adjacent to an activating group) is 1. The Hall–Kier alpha value is -1.26. The topological polar surface area (TPSA) is 44.7 Å². The number of aliphatic hydroxyl groups excluding tert-OH is 1. The minimum atomic E-state index is 0.189. The molecule has 4 heteroatoms. The SMILES string of the molecule is CCN(CCO)c1ccc(NC2CC(OC)C2)cc1. The number of aliphatic hydroxyl groups is 1. The zero-order chi connectivity index (χ0) is 13.7. The molecule has 1 aromatic carbocycles. The predicted octanol–water partition coefficient (Wildman–Crippen LogP) is 2.09. The van der Waals surface area contributed by atoms with Gasteiger partial charge in [0, 0.05) is 37.6 Å². The van der Waals surface area contributed by atoms with Crippen LogP contribution in [0.15, 0.2) is 24.3 Å². The van der Waals surface area contributed by atoms with Crippen LogP contribution in [0, 0.1) is 0 Å². The highest BCUT2D eigenvalue weighted by Crippen LogP contribution is 2.27. The Morgan fingerprint density at radius 1 is 1.32 bits per heavy atom. The first kappa shape index (κ1) is 14.2. The predicted molar refractivity (Wildman–Crippen MR) is 78.9 cm³/mol. The van der Waals surface area contributed by atoms with Crippen molar-refractivity contribution in [3.63, 3.8) is 0 Å². The van der Waals surface area contributed by atoms with Gasteiger partial charge in [0.15, 0.2) is 0 Å². The lowest BCUT2D eigenvalue weighted by Crippen LogP contribution is -2.40. The van der Waals surface area contributed by atoms with Crippen LogP contribution in [-0.4, -0.2) is 44.1 Å². The molecule has 0 amide bonds. The number of ether oxygens (including phenoxy) is 1. The fourth-order valence-corrected chi connectivity index (χ4v) is 2.47. The van der Waals surface area contributed by atoms with E-state index in [1.54, 1.807) is 7.11 Å². The maximum atomic E-state index is 9.02. The number of rotatable bonds is 7. The molecule has 0 atom stereocenters. The van der Waals surface area contributed by atoms with Crippen LogP contribution < -0.4 is 10.2 Å². The lowest BCUT2D eigenvalue weighted by atomic mass is 9.89. The molecule has 106 valence electrons. The van der Waals surface area contributed by atoms with Crippen LogP contribution in [0.25, 0.3) is 0 Å². The highest BCUT2D eigenvalue weighted by Gasteiger charge is 2.28. The van der Waals surface area contributed by atoms with Gasteiger partial charge < -0.3 is 20.1 Å². The molecule has 0 bridgehead atoms. The smallest absolute Gasteiger partial charge is 0.0610 e. The zero-order valence-corrected chi connectivity index (χ0v) is 11.8. The van der Waals surface area contributed by atoms with Crippen LogP contribution >= 0.6 is 0 Å². The van der Waals surface area contributed by atoms with Crippen molar-refractivity contribution in [2.24, 2.45) is 0 Å². The Labute approximate surface area is 115 Å². The van der Waals surface area contributed by atoms with E-state index in [-0.39, 0.29) is 6.61 Å². The maximum absolute atomic E-state index is 9.02. The van der Waals surface area contributed by atoms with Gasteiger partial charge >= 0.3 is 0 Å². The van der Waals surface area contributed by atoms with Crippen LogP contribution in [0.3, 0.4) is 0 Å². The van der Waals surface area contributed by atoms with Crippen LogP contribution in [-0.2, 0) is 4.74 Å². The average molecular weight is 264 g/mol. The summed E-state index contributed by atoms with van der Waals surface area (Å²) in [5.74, 6) is 0. The van der Waals surface area contributed by atoms with Crippen molar-refractivity contribution in [1.82, 2.24) is 0 Å². The number of nitrogens with one attached hydrogen (secondary N) is 1. The molecule has 19 heavy (non-hydrogen) atoms. The highest BCUT2D eigenvalue weighted by atomic mass is 16.5. The van der Waals surface area contributed by atoms with E-state index in [2.05, 4.69) is 41.4 Å². The zero-order valence-electron chi connectivity index (χ0n) is 11.8. The Morgan fingerprint density at radius 2 is 2.00 bits per heavy atom. The minimum absolute atomic E-state index is 0.189. The lowest BCUT2D eigenvalue weighted by molar-refractivity contribution is 0.0329. The van der Waals surface area contributed by atoms with E-state index in [1.807, 2.05) is 0 Å². The number of anilines is 2. The van der Waals surface area contributed by atoms with E-state index in [9.17, 15) is 0 Å². The summed E-state index contributed by atoms with van der Waals surface area (Å²) in [6.45, 7) is 3.88. The second-order valence-electron chi connectivity index (χ2n) is 5.02. The first-order chi connectivity index (χ1) is 9.26. The van der Waals surface area contributed by atoms with Crippen LogP contribution in [0.4, 0.5) is 11.4 Å². The Balaban J connectivity index is 1.87. The van der Waals surface area contributed by atoms with Crippen molar-refractivity contribution in [3.8, 4) is 0 Å². The Kier molecular flexibility index (Phi) is 5.05. The summed E-state index contributed by atoms with van der Waals surface area (Å²) in [6, 6.07) is 8.96. The van der Waals surface area contributed by atoms with E-state index < -0.39 is 0 Å². The number of hydrogen-bond acceptors (Lipinski definition) is 4. The Morgan fingerprint density at radius 3 is 2.53 bits per heavy atom. The summed E-state index contributed by atoms with van der Waals surface area (Å²) >= 11 is 0. The number of nitrogens with zero attached hydrogens (tertiary/aromatic N) is 1. The van der Waals surface area contributed by atoms with Crippen LogP contribution in [0.5, 0.6) is 0 Å². The minimum Gasteiger partial charge on any atom is -0.395 e. The molecule has 2 rings (SSSR count). The molecule has 0 aliphatic heterocycles. The molecule has 1 fully saturated rings. The van der Waals surface area contributed by atoms with Gasteiger partial charge in [0.05, 0.1) is 12.7 Å². The number of hydrogen-bond donors (Lipinski definition) is 2. The van der Waals surface area contributed by atoms with Crippen molar-refractivity contribution in [1.29, 1.82) is 0 Å². The summed E-state index contributed by atoms with van der Waals surface area (Å²) in [4.78, 5) is 2.16. The molecule has 0 unspecified atom stereocenters. The summed E-state index contributed by atoms with van der Waals surface area (Å²) < 4.78 is 5.28. The quantitative estimate of drug-likeness (QED) is 0.791. The molecule has 1 aliphatic carbocycles. The normalized spacial score (nSPS) is 21.8. The molecule has 1 aliphatic rings. The van der Waals surface area contributed by atoms with E-state index >= 15 is 0 Å². The third-order valence-corrected chi connectivity index (χ3v) is 3.78. The molecule has 1 saturated carbocycles. The van der Waals surface area contributed by atoms with Gasteiger partial charge in [0.1, 0.15) is 0 Å². The Bertz CT molecular complexity index is 374. The molecular formula is C15H24N2O2. The van der Waals surface area contributed by atoms with E-state index in [0.717, 1.165) is 30.8 Å². The van der Waals surface area contributed by atoms with Crippen LogP contribution in [0.1, 0.15) is 19.8 Å². The standard InChI is InChI=1S/C15H24N2O2/c1-3-17(8-9-18)14-6-4-12(5-7-14)16-13-10-15(11-13)19-2/h4-7,13,15-16,18H,3,8-11H2,1-2H3. The monoisotopic (exact) mass is 264 g/mol. The lowest BCUT2D eigenvalue weighted by Gasteiger charge is -2.35. The van der Waals surface area contributed by atoms with Crippen molar-refractivity contribution in [2.75, 3.05) is 37.0 Å². The summed E-state index contributed by atoms with van der Waals surface area (Å²) in [6.07, 6.45) is 2.60.